The van der Waals surface area contributed by atoms with Crippen LogP contribution in [-0.4, -0.2) is 22.6 Å². The molecule has 2 rings (SSSR count). The maximum absolute atomic E-state index is 12.0. The number of aromatic nitrogens is 1. The highest BCUT2D eigenvalue weighted by Crippen LogP contribution is 2.16. The molecular formula is C15H14N2O2S. The van der Waals surface area contributed by atoms with Crippen molar-refractivity contribution >= 4 is 23.1 Å². The zero-order valence-corrected chi connectivity index (χ0v) is 11.8. The highest BCUT2D eigenvalue weighted by atomic mass is 32.1. The van der Waals surface area contributed by atoms with E-state index in [0.29, 0.717) is 22.8 Å². The molecule has 0 bridgehead atoms. The van der Waals surface area contributed by atoms with Crippen LogP contribution in [0, 0.1) is 18.8 Å². The summed E-state index contributed by atoms with van der Waals surface area (Å²) >= 11 is 1.44. The summed E-state index contributed by atoms with van der Waals surface area (Å²) in [5, 5.41) is 11.4. The Kier molecular flexibility index (Phi) is 4.88. The molecule has 0 unspecified atom stereocenters. The summed E-state index contributed by atoms with van der Waals surface area (Å²) in [6, 6.07) is 8.96. The number of hydrogen-bond donors (Lipinski definition) is 2. The maximum Gasteiger partial charge on any atom is 0.266 e. The third-order valence-corrected chi connectivity index (χ3v) is 3.41. The zero-order chi connectivity index (χ0) is 14.4. The van der Waals surface area contributed by atoms with Gasteiger partial charge in [-0.25, -0.2) is 4.98 Å². The summed E-state index contributed by atoms with van der Waals surface area (Å²) in [5.41, 5.74) is 0.568. The number of rotatable bonds is 3. The molecule has 5 heteroatoms. The summed E-state index contributed by atoms with van der Waals surface area (Å²) < 4.78 is 0. The van der Waals surface area contributed by atoms with E-state index >= 15 is 0 Å². The molecule has 0 saturated carbocycles. The topological polar surface area (TPSA) is 62.2 Å². The number of hydrogen-bond acceptors (Lipinski definition) is 4. The average Bonchev–Trinajstić information content (AvgIpc) is 2.86. The Balaban J connectivity index is 2.08. The van der Waals surface area contributed by atoms with Crippen molar-refractivity contribution in [2.45, 2.75) is 13.3 Å². The summed E-state index contributed by atoms with van der Waals surface area (Å²) in [6.07, 6.45) is 0.409. The van der Waals surface area contributed by atoms with Gasteiger partial charge in [-0.15, -0.1) is 11.3 Å². The number of nitrogens with one attached hydrogen (secondary N) is 1. The Bertz CT molecular complexity index is 668. The van der Waals surface area contributed by atoms with Crippen LogP contribution in [0.15, 0.2) is 30.3 Å². The van der Waals surface area contributed by atoms with Crippen LogP contribution in [0.25, 0.3) is 0 Å². The molecule has 2 aromatic rings. The third kappa shape index (κ3) is 3.92. The summed E-state index contributed by atoms with van der Waals surface area (Å²) in [4.78, 5) is 18.0. The van der Waals surface area contributed by atoms with E-state index in [2.05, 4.69) is 22.1 Å². The Morgan fingerprint density at radius 1 is 1.40 bits per heavy atom. The molecule has 20 heavy (non-hydrogen) atoms. The van der Waals surface area contributed by atoms with Gasteiger partial charge in [0, 0.05) is 11.3 Å². The maximum atomic E-state index is 12.0. The first-order chi connectivity index (χ1) is 9.69. The largest absolute Gasteiger partial charge is 0.395 e. The van der Waals surface area contributed by atoms with Gasteiger partial charge in [0.2, 0.25) is 0 Å². The number of thiophene rings is 1. The number of carbonyl (C=O) groups is 1. The van der Waals surface area contributed by atoms with Crippen LogP contribution >= 0.6 is 11.3 Å². The van der Waals surface area contributed by atoms with E-state index in [4.69, 9.17) is 5.11 Å². The quantitative estimate of drug-likeness (QED) is 0.852. The fraction of sp³-hybridized carbons (Fsp3) is 0.200. The molecule has 0 spiro atoms. The second-order valence-corrected chi connectivity index (χ2v) is 5.34. The lowest BCUT2D eigenvalue weighted by Gasteiger charge is -2.02. The van der Waals surface area contributed by atoms with Crippen molar-refractivity contribution in [1.82, 2.24) is 4.98 Å². The van der Waals surface area contributed by atoms with Gasteiger partial charge in [0.1, 0.15) is 11.5 Å². The van der Waals surface area contributed by atoms with Crippen LogP contribution in [-0.2, 0) is 0 Å². The first-order valence-corrected chi connectivity index (χ1v) is 6.95. The Labute approximate surface area is 121 Å². The molecule has 0 radical (unpaired) electrons. The number of aliphatic hydroxyl groups excluding tert-OH is 1. The van der Waals surface area contributed by atoms with Gasteiger partial charge in [0.15, 0.2) is 0 Å². The molecule has 102 valence electrons. The Hall–Kier alpha value is -2.16. The highest BCUT2D eigenvalue weighted by Gasteiger charge is 2.08. The number of aryl methyl sites for hydroxylation is 1. The van der Waals surface area contributed by atoms with Gasteiger partial charge in [-0.2, -0.15) is 0 Å². The SMILES string of the molecule is Cc1ccc(C(=O)Nc2cccc(C#CCCO)n2)s1. The van der Waals surface area contributed by atoms with Crippen molar-refractivity contribution in [3.8, 4) is 11.8 Å². The van der Waals surface area contributed by atoms with Gasteiger partial charge >= 0.3 is 0 Å². The number of amides is 1. The standard InChI is InChI=1S/C15H14N2O2S/c1-11-8-9-13(20-11)15(19)17-14-7-4-6-12(16-14)5-2-3-10-18/h4,6-9,18H,3,10H2,1H3,(H,16,17,19). The van der Waals surface area contributed by atoms with Crippen LogP contribution in [0.5, 0.6) is 0 Å². The van der Waals surface area contributed by atoms with E-state index in [1.54, 1.807) is 24.3 Å². The Morgan fingerprint density at radius 3 is 2.95 bits per heavy atom. The minimum Gasteiger partial charge on any atom is -0.395 e. The number of carbonyl (C=O) groups excluding carboxylic acids is 1. The molecule has 0 aliphatic heterocycles. The van der Waals surface area contributed by atoms with Crippen molar-refractivity contribution < 1.29 is 9.90 Å². The minimum absolute atomic E-state index is 0.0289. The predicted octanol–water partition coefficient (Wildman–Crippen LogP) is 2.44. The first kappa shape index (κ1) is 14.3. The van der Waals surface area contributed by atoms with E-state index in [9.17, 15) is 4.79 Å². The molecular weight excluding hydrogens is 272 g/mol. The monoisotopic (exact) mass is 286 g/mol. The van der Waals surface area contributed by atoms with Gasteiger partial charge in [-0.3, -0.25) is 4.79 Å². The van der Waals surface area contributed by atoms with Gasteiger partial charge in [0.05, 0.1) is 11.5 Å². The molecule has 0 aliphatic carbocycles. The number of anilines is 1. The lowest BCUT2D eigenvalue weighted by molar-refractivity contribution is 0.103. The summed E-state index contributed by atoms with van der Waals surface area (Å²) in [7, 11) is 0. The molecule has 0 aliphatic rings. The van der Waals surface area contributed by atoms with Crippen LogP contribution < -0.4 is 5.32 Å². The molecule has 0 saturated heterocycles. The van der Waals surface area contributed by atoms with E-state index in [1.165, 1.54) is 11.3 Å². The van der Waals surface area contributed by atoms with E-state index in [1.807, 2.05) is 13.0 Å². The molecule has 2 heterocycles. The third-order valence-electron chi connectivity index (χ3n) is 2.41. The molecule has 4 nitrogen and oxygen atoms in total. The lowest BCUT2D eigenvalue weighted by atomic mass is 10.3. The second-order valence-electron chi connectivity index (χ2n) is 4.05. The molecule has 0 atom stereocenters. The molecule has 0 aromatic carbocycles. The molecule has 2 aromatic heterocycles. The van der Waals surface area contributed by atoms with Gasteiger partial charge in [-0.05, 0) is 37.1 Å². The highest BCUT2D eigenvalue weighted by molar-refractivity contribution is 7.14. The zero-order valence-electron chi connectivity index (χ0n) is 11.0. The fourth-order valence-electron chi connectivity index (χ4n) is 1.52. The number of pyridine rings is 1. The van der Waals surface area contributed by atoms with Crippen molar-refractivity contribution in [3.05, 3.63) is 45.8 Å². The second kappa shape index (κ2) is 6.85. The Morgan fingerprint density at radius 2 is 2.25 bits per heavy atom. The number of nitrogens with zero attached hydrogens (tertiary/aromatic N) is 1. The number of aliphatic hydroxyl groups is 1. The molecule has 1 amide bonds. The smallest absolute Gasteiger partial charge is 0.266 e. The molecule has 0 fully saturated rings. The van der Waals surface area contributed by atoms with Crippen LogP contribution in [0.3, 0.4) is 0 Å². The van der Waals surface area contributed by atoms with Crippen LogP contribution in [0.2, 0.25) is 0 Å². The van der Waals surface area contributed by atoms with E-state index < -0.39 is 0 Å². The van der Waals surface area contributed by atoms with E-state index in [0.717, 1.165) is 4.88 Å². The summed E-state index contributed by atoms with van der Waals surface area (Å²) in [5.74, 6) is 5.93. The van der Waals surface area contributed by atoms with Crippen LogP contribution in [0.1, 0.15) is 26.7 Å². The first-order valence-electron chi connectivity index (χ1n) is 6.13. The summed E-state index contributed by atoms with van der Waals surface area (Å²) in [6.45, 7) is 1.98. The van der Waals surface area contributed by atoms with Crippen molar-refractivity contribution in [3.63, 3.8) is 0 Å². The van der Waals surface area contributed by atoms with Crippen molar-refractivity contribution in [2.24, 2.45) is 0 Å². The van der Waals surface area contributed by atoms with Gasteiger partial charge in [-0.1, -0.05) is 12.0 Å². The fourth-order valence-corrected chi connectivity index (χ4v) is 2.28. The van der Waals surface area contributed by atoms with E-state index in [-0.39, 0.29) is 12.5 Å². The average molecular weight is 286 g/mol. The van der Waals surface area contributed by atoms with Crippen molar-refractivity contribution in [2.75, 3.05) is 11.9 Å². The normalized spacial score (nSPS) is 9.70. The minimum atomic E-state index is -0.170. The lowest BCUT2D eigenvalue weighted by Crippen LogP contribution is -2.11. The van der Waals surface area contributed by atoms with Gasteiger partial charge in [0.25, 0.3) is 5.91 Å². The van der Waals surface area contributed by atoms with Gasteiger partial charge < -0.3 is 10.4 Å². The molecule has 2 N–H and O–H groups in total. The predicted molar refractivity (Wildman–Crippen MR) is 79.8 cm³/mol. The van der Waals surface area contributed by atoms with Crippen molar-refractivity contribution in [1.29, 1.82) is 0 Å². The van der Waals surface area contributed by atoms with Crippen LogP contribution in [0.4, 0.5) is 5.82 Å².